The fraction of sp³-hybridized carbons (Fsp3) is 0.286. The summed E-state index contributed by atoms with van der Waals surface area (Å²) in [5.74, 6) is -0.371. The van der Waals surface area contributed by atoms with Crippen molar-refractivity contribution in [3.63, 3.8) is 0 Å². The van der Waals surface area contributed by atoms with Gasteiger partial charge in [0.1, 0.15) is 5.70 Å². The maximum absolute atomic E-state index is 11.9. The molecule has 4 nitrogen and oxygen atoms in total. The Morgan fingerprint density at radius 2 is 2.05 bits per heavy atom. The summed E-state index contributed by atoms with van der Waals surface area (Å²) in [6, 6.07) is 9.76. The summed E-state index contributed by atoms with van der Waals surface area (Å²) in [4.78, 5) is 11.9. The fourth-order valence-corrected chi connectivity index (χ4v) is 2.25. The summed E-state index contributed by atoms with van der Waals surface area (Å²) < 4.78 is 5.04. The smallest absolute Gasteiger partial charge is 0.354 e. The summed E-state index contributed by atoms with van der Waals surface area (Å²) in [6.45, 7) is 4.01. The van der Waals surface area contributed by atoms with E-state index in [4.69, 9.17) is 17.0 Å². The maximum Gasteiger partial charge on any atom is 0.354 e. The molecule has 1 aromatic carbocycles. The monoisotopic (exact) mass is 276 g/mol. The number of carbonyl (C=O) groups is 1. The Bertz CT molecular complexity index is 526. The predicted octanol–water partition coefficient (Wildman–Crippen LogP) is 2.04. The number of nitrogens with one attached hydrogen (secondary N) is 2. The van der Waals surface area contributed by atoms with Crippen molar-refractivity contribution in [2.75, 3.05) is 6.61 Å². The van der Waals surface area contributed by atoms with Crippen LogP contribution in [0.4, 0.5) is 0 Å². The summed E-state index contributed by atoms with van der Waals surface area (Å²) in [5, 5.41) is 6.47. The second kappa shape index (κ2) is 5.84. The molecule has 1 atom stereocenters. The van der Waals surface area contributed by atoms with Gasteiger partial charge in [0.15, 0.2) is 5.11 Å². The molecular formula is C14H16N2O2S. The van der Waals surface area contributed by atoms with Gasteiger partial charge in [-0.15, -0.1) is 0 Å². The summed E-state index contributed by atoms with van der Waals surface area (Å²) in [6.07, 6.45) is 0. The minimum absolute atomic E-state index is 0.102. The van der Waals surface area contributed by atoms with Crippen LogP contribution in [0, 0.1) is 0 Å². The van der Waals surface area contributed by atoms with Crippen LogP contribution in [-0.4, -0.2) is 17.7 Å². The quantitative estimate of drug-likeness (QED) is 0.653. The van der Waals surface area contributed by atoms with E-state index in [2.05, 4.69) is 10.6 Å². The van der Waals surface area contributed by atoms with E-state index in [0.29, 0.717) is 17.4 Å². The lowest BCUT2D eigenvalue weighted by Gasteiger charge is -2.29. The predicted molar refractivity (Wildman–Crippen MR) is 77.4 cm³/mol. The minimum Gasteiger partial charge on any atom is -0.461 e. The topological polar surface area (TPSA) is 50.4 Å². The third-order valence-electron chi connectivity index (χ3n) is 2.95. The largest absolute Gasteiger partial charge is 0.461 e. The molecule has 2 N–H and O–H groups in total. The molecule has 0 unspecified atom stereocenters. The summed E-state index contributed by atoms with van der Waals surface area (Å²) in [5.41, 5.74) is 2.36. The first-order valence-electron chi connectivity index (χ1n) is 6.13. The van der Waals surface area contributed by atoms with Gasteiger partial charge in [-0.2, -0.15) is 0 Å². The lowest BCUT2D eigenvalue weighted by molar-refractivity contribution is -0.138. The Hall–Kier alpha value is -1.88. The van der Waals surface area contributed by atoms with Crippen LogP contribution in [0.3, 0.4) is 0 Å². The SMILES string of the molecule is CCOC(=O)C1=C(C)[C@@H](c2ccccc2)NC(=S)N1. The van der Waals surface area contributed by atoms with E-state index in [1.807, 2.05) is 37.3 Å². The van der Waals surface area contributed by atoms with E-state index >= 15 is 0 Å². The second-order valence-corrected chi connectivity index (χ2v) is 4.63. The summed E-state index contributed by atoms with van der Waals surface area (Å²) in [7, 11) is 0. The highest BCUT2D eigenvalue weighted by molar-refractivity contribution is 7.80. The highest BCUT2D eigenvalue weighted by Gasteiger charge is 2.27. The average molecular weight is 276 g/mol. The maximum atomic E-state index is 11.9. The molecule has 100 valence electrons. The van der Waals surface area contributed by atoms with E-state index in [9.17, 15) is 4.79 Å². The number of thiocarbonyl (C=S) groups is 1. The molecule has 0 amide bonds. The molecule has 0 aliphatic carbocycles. The van der Waals surface area contributed by atoms with Crippen molar-refractivity contribution in [2.24, 2.45) is 0 Å². The number of carbonyl (C=O) groups excluding carboxylic acids is 1. The highest BCUT2D eigenvalue weighted by atomic mass is 32.1. The van der Waals surface area contributed by atoms with Crippen molar-refractivity contribution in [3.8, 4) is 0 Å². The van der Waals surface area contributed by atoms with Crippen LogP contribution in [0.1, 0.15) is 25.5 Å². The molecule has 0 aromatic heterocycles. The van der Waals surface area contributed by atoms with Crippen molar-refractivity contribution >= 4 is 23.3 Å². The molecular weight excluding hydrogens is 260 g/mol. The molecule has 19 heavy (non-hydrogen) atoms. The first kappa shape index (κ1) is 13.5. The van der Waals surface area contributed by atoms with Gasteiger partial charge in [-0.05, 0) is 37.2 Å². The van der Waals surface area contributed by atoms with Gasteiger partial charge in [-0.1, -0.05) is 30.3 Å². The molecule has 0 saturated heterocycles. The van der Waals surface area contributed by atoms with Crippen molar-refractivity contribution in [2.45, 2.75) is 19.9 Å². The van der Waals surface area contributed by atoms with E-state index in [1.54, 1.807) is 6.92 Å². The van der Waals surface area contributed by atoms with Crippen LogP contribution >= 0.6 is 12.2 Å². The fourth-order valence-electron chi connectivity index (χ4n) is 2.03. The lowest BCUT2D eigenvalue weighted by Crippen LogP contribution is -2.45. The van der Waals surface area contributed by atoms with Crippen molar-refractivity contribution in [3.05, 3.63) is 47.2 Å². The Balaban J connectivity index is 2.36. The third kappa shape index (κ3) is 2.93. The first-order chi connectivity index (χ1) is 9.13. The molecule has 5 heteroatoms. The third-order valence-corrected chi connectivity index (χ3v) is 3.17. The van der Waals surface area contributed by atoms with Gasteiger partial charge in [-0.3, -0.25) is 0 Å². The molecule has 0 bridgehead atoms. The van der Waals surface area contributed by atoms with Gasteiger partial charge in [0.25, 0.3) is 0 Å². The van der Waals surface area contributed by atoms with Crippen LogP contribution in [-0.2, 0) is 9.53 Å². The number of ether oxygens (including phenoxy) is 1. The van der Waals surface area contributed by atoms with Gasteiger partial charge >= 0.3 is 5.97 Å². The normalized spacial score (nSPS) is 18.6. The van der Waals surface area contributed by atoms with Crippen molar-refractivity contribution in [1.29, 1.82) is 0 Å². The molecule has 1 heterocycles. The summed E-state index contributed by atoms with van der Waals surface area (Å²) >= 11 is 5.15. The van der Waals surface area contributed by atoms with E-state index < -0.39 is 0 Å². The number of rotatable bonds is 3. The van der Waals surface area contributed by atoms with Crippen molar-refractivity contribution in [1.82, 2.24) is 10.6 Å². The number of benzene rings is 1. The number of esters is 1. The van der Waals surface area contributed by atoms with E-state index in [-0.39, 0.29) is 12.0 Å². The van der Waals surface area contributed by atoms with Crippen LogP contribution in [0.2, 0.25) is 0 Å². The molecule has 1 aliphatic rings. The molecule has 2 rings (SSSR count). The Morgan fingerprint density at radius 3 is 2.68 bits per heavy atom. The zero-order chi connectivity index (χ0) is 13.8. The van der Waals surface area contributed by atoms with Crippen LogP contribution in [0.25, 0.3) is 0 Å². The van der Waals surface area contributed by atoms with Gasteiger partial charge in [0.05, 0.1) is 12.6 Å². The number of hydrogen-bond acceptors (Lipinski definition) is 3. The zero-order valence-electron chi connectivity index (χ0n) is 10.9. The van der Waals surface area contributed by atoms with E-state index in [1.165, 1.54) is 0 Å². The lowest BCUT2D eigenvalue weighted by atomic mass is 9.97. The average Bonchev–Trinajstić information content (AvgIpc) is 2.42. The number of hydrogen-bond donors (Lipinski definition) is 2. The Kier molecular flexibility index (Phi) is 4.16. The Labute approximate surface area is 117 Å². The minimum atomic E-state index is -0.371. The molecule has 0 radical (unpaired) electrons. The molecule has 0 saturated carbocycles. The van der Waals surface area contributed by atoms with Gasteiger partial charge in [-0.25, -0.2) is 4.79 Å². The van der Waals surface area contributed by atoms with Crippen LogP contribution < -0.4 is 10.6 Å². The standard InChI is InChI=1S/C14H16N2O2S/c1-3-18-13(17)12-9(2)11(15-14(19)16-12)10-7-5-4-6-8-10/h4-8,11H,3H2,1-2H3,(H2,15,16,19)/t11-/m0/s1. The molecule has 1 aliphatic heterocycles. The van der Waals surface area contributed by atoms with Gasteiger partial charge in [0, 0.05) is 0 Å². The zero-order valence-corrected chi connectivity index (χ0v) is 11.7. The van der Waals surface area contributed by atoms with Crippen molar-refractivity contribution < 1.29 is 9.53 Å². The van der Waals surface area contributed by atoms with Gasteiger partial charge in [0.2, 0.25) is 0 Å². The molecule has 0 spiro atoms. The molecule has 0 fully saturated rings. The molecule has 1 aromatic rings. The van der Waals surface area contributed by atoms with Crippen LogP contribution in [0.5, 0.6) is 0 Å². The Morgan fingerprint density at radius 1 is 1.37 bits per heavy atom. The second-order valence-electron chi connectivity index (χ2n) is 4.22. The highest BCUT2D eigenvalue weighted by Crippen LogP contribution is 2.26. The van der Waals surface area contributed by atoms with E-state index in [0.717, 1.165) is 11.1 Å². The van der Waals surface area contributed by atoms with Gasteiger partial charge < -0.3 is 15.4 Å². The van der Waals surface area contributed by atoms with Crippen LogP contribution in [0.15, 0.2) is 41.6 Å². The first-order valence-corrected chi connectivity index (χ1v) is 6.54.